The van der Waals surface area contributed by atoms with Crippen molar-refractivity contribution in [3.63, 3.8) is 0 Å². The van der Waals surface area contributed by atoms with Crippen LogP contribution in [0.1, 0.15) is 30.5 Å². The molecule has 0 aromatic heterocycles. The van der Waals surface area contributed by atoms with Crippen molar-refractivity contribution < 1.29 is 8.42 Å². The van der Waals surface area contributed by atoms with E-state index in [-0.39, 0.29) is 11.8 Å². The number of hydrazine groups is 1. The molecule has 1 rings (SSSR count). The molecule has 1 aromatic carbocycles. The number of benzene rings is 1. The Morgan fingerprint density at radius 2 is 2.00 bits per heavy atom. The third-order valence-corrected chi connectivity index (χ3v) is 3.77. The minimum absolute atomic E-state index is 0.110. The van der Waals surface area contributed by atoms with Crippen molar-refractivity contribution in [3.8, 4) is 0 Å². The minimum atomic E-state index is -2.95. The highest BCUT2D eigenvalue weighted by atomic mass is 32.2. The zero-order chi connectivity index (χ0) is 12.9. The molecule has 3 N–H and O–H groups in total. The Hall–Kier alpha value is -0.910. The van der Waals surface area contributed by atoms with E-state index in [9.17, 15) is 8.42 Å². The second-order valence-electron chi connectivity index (χ2n) is 4.19. The Morgan fingerprint density at radius 3 is 2.53 bits per heavy atom. The molecule has 0 aliphatic rings. The van der Waals surface area contributed by atoms with Gasteiger partial charge in [-0.15, -0.1) is 0 Å². The van der Waals surface area contributed by atoms with Gasteiger partial charge in [0.25, 0.3) is 0 Å². The zero-order valence-electron chi connectivity index (χ0n) is 10.3. The largest absolute Gasteiger partial charge is 0.271 e. The molecule has 0 aliphatic carbocycles. The van der Waals surface area contributed by atoms with Crippen LogP contribution in [-0.2, 0) is 16.3 Å². The maximum absolute atomic E-state index is 11.2. The second kappa shape index (κ2) is 6.14. The van der Waals surface area contributed by atoms with Gasteiger partial charge in [-0.2, -0.15) is 0 Å². The highest BCUT2D eigenvalue weighted by Gasteiger charge is 2.15. The summed E-state index contributed by atoms with van der Waals surface area (Å²) >= 11 is 0. The van der Waals surface area contributed by atoms with Crippen LogP contribution < -0.4 is 11.3 Å². The Balaban J connectivity index is 2.86. The van der Waals surface area contributed by atoms with Crippen LogP contribution in [0.3, 0.4) is 0 Å². The van der Waals surface area contributed by atoms with Gasteiger partial charge in [0.2, 0.25) is 0 Å². The van der Waals surface area contributed by atoms with Gasteiger partial charge < -0.3 is 0 Å². The fourth-order valence-corrected chi connectivity index (χ4v) is 2.52. The van der Waals surface area contributed by atoms with E-state index in [0.717, 1.165) is 12.0 Å². The molecule has 17 heavy (non-hydrogen) atoms. The number of hydrogen-bond acceptors (Lipinski definition) is 4. The van der Waals surface area contributed by atoms with E-state index >= 15 is 0 Å². The molecule has 5 heteroatoms. The summed E-state index contributed by atoms with van der Waals surface area (Å²) < 4.78 is 22.3. The molecule has 0 bridgehead atoms. The highest BCUT2D eigenvalue weighted by molar-refractivity contribution is 7.90. The van der Waals surface area contributed by atoms with E-state index in [2.05, 4.69) is 12.3 Å². The van der Waals surface area contributed by atoms with Crippen LogP contribution in [0.15, 0.2) is 24.3 Å². The van der Waals surface area contributed by atoms with E-state index in [1.807, 2.05) is 24.3 Å². The van der Waals surface area contributed by atoms with Crippen molar-refractivity contribution in [2.45, 2.75) is 25.8 Å². The molecule has 0 heterocycles. The molecule has 0 radical (unpaired) electrons. The van der Waals surface area contributed by atoms with E-state index in [1.54, 1.807) is 0 Å². The van der Waals surface area contributed by atoms with Crippen molar-refractivity contribution in [2.24, 2.45) is 5.84 Å². The fraction of sp³-hybridized carbons (Fsp3) is 0.500. The maximum Gasteiger partial charge on any atom is 0.147 e. The first-order valence-electron chi connectivity index (χ1n) is 5.69. The van der Waals surface area contributed by atoms with Crippen LogP contribution in [0.4, 0.5) is 0 Å². The molecule has 0 aliphatic heterocycles. The first kappa shape index (κ1) is 14.2. The Labute approximate surface area is 103 Å². The first-order valence-corrected chi connectivity index (χ1v) is 7.75. The van der Waals surface area contributed by atoms with Gasteiger partial charge in [-0.1, -0.05) is 31.2 Å². The lowest BCUT2D eigenvalue weighted by molar-refractivity contribution is 0.528. The Morgan fingerprint density at radius 1 is 1.35 bits per heavy atom. The predicted molar refractivity (Wildman–Crippen MR) is 70.2 cm³/mol. The number of hydrogen-bond donors (Lipinski definition) is 2. The van der Waals surface area contributed by atoms with Crippen LogP contribution in [0.2, 0.25) is 0 Å². The number of rotatable bonds is 6. The van der Waals surface area contributed by atoms with E-state index in [0.29, 0.717) is 6.42 Å². The lowest BCUT2D eigenvalue weighted by Gasteiger charge is -2.18. The van der Waals surface area contributed by atoms with Gasteiger partial charge in [-0.05, 0) is 24.0 Å². The highest BCUT2D eigenvalue weighted by Crippen LogP contribution is 2.21. The second-order valence-corrected chi connectivity index (χ2v) is 6.45. The van der Waals surface area contributed by atoms with Crippen LogP contribution >= 0.6 is 0 Å². The van der Waals surface area contributed by atoms with E-state index in [4.69, 9.17) is 5.84 Å². The van der Waals surface area contributed by atoms with Crippen molar-refractivity contribution in [1.29, 1.82) is 0 Å². The summed E-state index contributed by atoms with van der Waals surface area (Å²) in [7, 11) is -2.95. The average molecular weight is 256 g/mol. The summed E-state index contributed by atoms with van der Waals surface area (Å²) in [6.45, 7) is 2.07. The Kier molecular flexibility index (Phi) is 5.11. The molecule has 0 fully saturated rings. The minimum Gasteiger partial charge on any atom is -0.271 e. The van der Waals surface area contributed by atoms with Gasteiger partial charge in [-0.25, -0.2) is 8.42 Å². The van der Waals surface area contributed by atoms with Gasteiger partial charge >= 0.3 is 0 Å². The third-order valence-electron chi connectivity index (χ3n) is 2.79. The van der Waals surface area contributed by atoms with Gasteiger partial charge in [0, 0.05) is 12.3 Å². The number of sulfone groups is 1. The van der Waals surface area contributed by atoms with Crippen molar-refractivity contribution in [3.05, 3.63) is 35.4 Å². The SMILES string of the molecule is CCc1ccccc1C(CCS(C)(=O)=O)NN. The van der Waals surface area contributed by atoms with Crippen molar-refractivity contribution in [2.75, 3.05) is 12.0 Å². The predicted octanol–water partition coefficient (Wildman–Crippen LogP) is 1.19. The molecule has 0 saturated heterocycles. The Bertz CT molecular complexity index is 457. The first-order chi connectivity index (χ1) is 7.98. The molecule has 96 valence electrons. The molecular weight excluding hydrogens is 236 g/mol. The molecule has 1 atom stereocenters. The molecule has 0 amide bonds. The van der Waals surface area contributed by atoms with Crippen LogP contribution in [-0.4, -0.2) is 20.4 Å². The van der Waals surface area contributed by atoms with Crippen molar-refractivity contribution >= 4 is 9.84 Å². The molecule has 0 spiro atoms. The summed E-state index contributed by atoms with van der Waals surface area (Å²) in [6.07, 6.45) is 2.64. The quantitative estimate of drug-likeness (QED) is 0.592. The summed E-state index contributed by atoms with van der Waals surface area (Å²) in [5.41, 5.74) is 4.98. The summed E-state index contributed by atoms with van der Waals surface area (Å²) in [4.78, 5) is 0. The fourth-order valence-electron chi connectivity index (χ4n) is 1.86. The molecule has 0 saturated carbocycles. The monoisotopic (exact) mass is 256 g/mol. The average Bonchev–Trinajstić information content (AvgIpc) is 2.29. The standard InChI is InChI=1S/C12H20N2O2S/c1-3-10-6-4-5-7-11(10)12(14-13)8-9-17(2,15)16/h4-7,12,14H,3,8-9,13H2,1-2H3. The van der Waals surface area contributed by atoms with Crippen molar-refractivity contribution in [1.82, 2.24) is 5.43 Å². The van der Waals surface area contributed by atoms with Crippen LogP contribution in [0.25, 0.3) is 0 Å². The normalized spacial score (nSPS) is 13.6. The van der Waals surface area contributed by atoms with Gasteiger partial charge in [0.1, 0.15) is 9.84 Å². The van der Waals surface area contributed by atoms with E-state index < -0.39 is 9.84 Å². The zero-order valence-corrected chi connectivity index (χ0v) is 11.1. The van der Waals surface area contributed by atoms with Gasteiger partial charge in [0.15, 0.2) is 0 Å². The number of nitrogens with two attached hydrogens (primary N) is 1. The van der Waals surface area contributed by atoms with Crippen LogP contribution in [0.5, 0.6) is 0 Å². The van der Waals surface area contributed by atoms with Gasteiger partial charge in [-0.3, -0.25) is 11.3 Å². The topological polar surface area (TPSA) is 72.2 Å². The third kappa shape index (κ3) is 4.46. The van der Waals surface area contributed by atoms with Gasteiger partial charge in [0.05, 0.1) is 5.75 Å². The maximum atomic E-state index is 11.2. The lowest BCUT2D eigenvalue weighted by atomic mass is 9.97. The summed E-state index contributed by atoms with van der Waals surface area (Å²) in [6, 6.07) is 7.85. The summed E-state index contributed by atoms with van der Waals surface area (Å²) in [5.74, 6) is 5.65. The summed E-state index contributed by atoms with van der Waals surface area (Å²) in [5, 5.41) is 0. The smallest absolute Gasteiger partial charge is 0.147 e. The molecular formula is C12H20N2O2S. The molecule has 1 aromatic rings. The lowest BCUT2D eigenvalue weighted by Crippen LogP contribution is -2.30. The molecule has 4 nitrogen and oxygen atoms in total. The molecule has 1 unspecified atom stereocenters. The van der Waals surface area contributed by atoms with Crippen LogP contribution in [0, 0.1) is 0 Å². The van der Waals surface area contributed by atoms with E-state index in [1.165, 1.54) is 11.8 Å². The number of nitrogens with one attached hydrogen (secondary N) is 1. The number of aryl methyl sites for hydroxylation is 1.